The number of imidazole rings is 1. The van der Waals surface area contributed by atoms with Gasteiger partial charge in [0.25, 0.3) is 5.56 Å². The Kier molecular flexibility index (Phi) is 12.0. The van der Waals surface area contributed by atoms with Crippen LogP contribution in [0.4, 0.5) is 0 Å². The molecule has 4 heterocycles. The quantitative estimate of drug-likeness (QED) is 0.0883. The zero-order valence-corrected chi connectivity index (χ0v) is 35.0. The Balaban J connectivity index is 0.000000165. The van der Waals surface area contributed by atoms with Crippen molar-refractivity contribution in [3.8, 4) is 80.1 Å². The van der Waals surface area contributed by atoms with Crippen LogP contribution in [0.2, 0.25) is 0 Å². The number of hydrogen-bond acceptors (Lipinski definition) is 19. The zero-order chi connectivity index (χ0) is 48.8. The second kappa shape index (κ2) is 17.6. The van der Waals surface area contributed by atoms with Gasteiger partial charge in [-0.3, -0.25) is 18.7 Å². The molecule has 0 saturated carbocycles. The molecule has 67 heavy (non-hydrogen) atoms. The molecule has 2 atom stereocenters. The Morgan fingerprint density at radius 2 is 1.27 bits per heavy atom. The van der Waals surface area contributed by atoms with Gasteiger partial charge in [-0.25, -0.2) is 14.6 Å². The number of nitrogens with zero attached hydrogens (tertiary/aromatic N) is 4. The van der Waals surface area contributed by atoms with Gasteiger partial charge in [0.2, 0.25) is 5.43 Å². The molecule has 11 N–H and O–H groups in total. The average molecular weight is 923 g/mol. The van der Waals surface area contributed by atoms with Gasteiger partial charge in [-0.15, -0.1) is 0 Å². The molecule has 346 valence electrons. The minimum atomic E-state index is -1.18. The third-order valence-corrected chi connectivity index (χ3v) is 10.5. The van der Waals surface area contributed by atoms with E-state index in [1.807, 2.05) is 0 Å². The molecule has 3 aromatic heterocycles. The Morgan fingerprint density at radius 1 is 0.687 bits per heavy atom. The van der Waals surface area contributed by atoms with Crippen LogP contribution in [0.5, 0.6) is 69.0 Å². The van der Waals surface area contributed by atoms with Gasteiger partial charge in [0.1, 0.15) is 57.8 Å². The van der Waals surface area contributed by atoms with E-state index in [9.17, 15) is 75.3 Å². The van der Waals surface area contributed by atoms with Crippen molar-refractivity contribution in [2.24, 2.45) is 21.1 Å². The SMILES string of the molecule is Cn1c(=O)c2c(ncn2C)n(C)c1=O.O=C(O[C@@H]1Cc2c(O)cc(O)cc2O[C@@H]1c1cc(O)c(O)c(O)c1)c1cc(O)c(O)c(O)c1.O=c1c(-c2ccc(O)cc2)coc2cc(O)cc(O)c12. The number of carbonyl (C=O) groups is 1. The molecule has 1 aliphatic heterocycles. The molecule has 0 aliphatic carbocycles. The molecular formula is C45H38N4O18. The van der Waals surface area contributed by atoms with E-state index >= 15 is 0 Å². The highest BCUT2D eigenvalue weighted by atomic mass is 16.6. The van der Waals surface area contributed by atoms with Crippen LogP contribution in [0.15, 0.2) is 104 Å². The Hall–Kier alpha value is -9.47. The van der Waals surface area contributed by atoms with Crippen molar-refractivity contribution in [2.45, 2.75) is 18.6 Å². The van der Waals surface area contributed by atoms with E-state index in [1.54, 1.807) is 30.8 Å². The smallest absolute Gasteiger partial charge is 0.338 e. The van der Waals surface area contributed by atoms with Crippen molar-refractivity contribution in [3.63, 3.8) is 0 Å². The lowest BCUT2D eigenvalue weighted by molar-refractivity contribution is -0.0189. The first kappa shape index (κ1) is 45.6. The van der Waals surface area contributed by atoms with Gasteiger partial charge in [0.05, 0.1) is 17.5 Å². The van der Waals surface area contributed by atoms with Crippen molar-refractivity contribution in [3.05, 3.63) is 133 Å². The van der Waals surface area contributed by atoms with Crippen LogP contribution in [0, 0.1) is 0 Å². The fourth-order valence-electron chi connectivity index (χ4n) is 7.08. The number of hydrogen-bond donors (Lipinski definition) is 11. The maximum absolute atomic E-state index is 12.7. The molecule has 0 bridgehead atoms. The summed E-state index contributed by atoms with van der Waals surface area (Å²) in [6.45, 7) is 0. The number of carbonyl (C=O) groups excluding carboxylic acids is 1. The second-order valence-electron chi connectivity index (χ2n) is 15.0. The summed E-state index contributed by atoms with van der Waals surface area (Å²) in [6.07, 6.45) is 0.291. The van der Waals surface area contributed by atoms with Crippen LogP contribution in [-0.4, -0.2) is 86.9 Å². The van der Waals surface area contributed by atoms with Crippen molar-refractivity contribution in [1.29, 1.82) is 0 Å². The summed E-state index contributed by atoms with van der Waals surface area (Å²) in [6, 6.07) is 14.6. The lowest BCUT2D eigenvalue weighted by atomic mass is 9.93. The van der Waals surface area contributed by atoms with Gasteiger partial charge < -0.3 is 74.6 Å². The molecule has 0 spiro atoms. The molecule has 5 aromatic carbocycles. The topological polar surface area (TPSA) is 350 Å². The summed E-state index contributed by atoms with van der Waals surface area (Å²) >= 11 is 0. The summed E-state index contributed by atoms with van der Waals surface area (Å²) in [7, 11) is 4.77. The Bertz CT molecular complexity index is 3400. The number of benzene rings is 5. The largest absolute Gasteiger partial charge is 0.508 e. The molecule has 9 rings (SSSR count). The third kappa shape index (κ3) is 8.76. The highest BCUT2D eigenvalue weighted by Crippen LogP contribution is 2.46. The number of aromatic nitrogens is 4. The molecule has 22 nitrogen and oxygen atoms in total. The van der Waals surface area contributed by atoms with E-state index in [4.69, 9.17) is 13.9 Å². The van der Waals surface area contributed by atoms with Gasteiger partial charge in [0, 0.05) is 63.0 Å². The standard InChI is InChI=1S/C22H18O11.C15H10O5.C8H10N4O2/c23-10-5-12(24)11-7-18(33-22(31)9-3-15(27)20(30)16(28)4-9)21(32-17(11)6-10)8-1-13(25)19(29)14(26)2-8;16-9-3-1-8(2-4-9)11-7-20-13-6-10(17)5-12(18)14(13)15(11)19;1-10-4-9-6-5(10)7(13)12(3)8(14)11(6)2/h1-6,18,21,23-30H,7H2;1-7,16-18H;4H,1-3H3/t18-,21-;;/m1../s1. The van der Waals surface area contributed by atoms with Crippen LogP contribution in [0.25, 0.3) is 33.3 Å². The predicted molar refractivity (Wildman–Crippen MR) is 233 cm³/mol. The number of rotatable bonds is 4. The Labute approximate surface area is 374 Å². The minimum absolute atomic E-state index is 0.00775. The monoisotopic (exact) mass is 922 g/mol. The lowest BCUT2D eigenvalue weighted by Gasteiger charge is -2.34. The third-order valence-electron chi connectivity index (χ3n) is 10.5. The summed E-state index contributed by atoms with van der Waals surface area (Å²) in [5.41, 5.74) is 0.683. The van der Waals surface area contributed by atoms with Crippen LogP contribution in [-0.2, 0) is 32.3 Å². The van der Waals surface area contributed by atoms with Crippen LogP contribution in [0.3, 0.4) is 0 Å². The molecule has 22 heteroatoms. The van der Waals surface area contributed by atoms with E-state index in [-0.39, 0.29) is 85.4 Å². The van der Waals surface area contributed by atoms with E-state index in [0.717, 1.165) is 41.0 Å². The molecule has 0 amide bonds. The number of aryl methyl sites for hydroxylation is 2. The van der Waals surface area contributed by atoms with Crippen molar-refractivity contribution in [1.82, 2.24) is 18.7 Å². The van der Waals surface area contributed by atoms with E-state index in [2.05, 4.69) is 4.98 Å². The molecular weight excluding hydrogens is 885 g/mol. The van der Waals surface area contributed by atoms with Crippen molar-refractivity contribution < 1.29 is 74.9 Å². The molecule has 0 unspecified atom stereocenters. The number of phenolic OH excluding ortho intramolecular Hbond substituents is 11. The van der Waals surface area contributed by atoms with E-state index in [1.165, 1.54) is 48.5 Å². The molecule has 0 saturated heterocycles. The molecule has 8 aromatic rings. The van der Waals surface area contributed by atoms with Crippen LogP contribution in [0.1, 0.15) is 27.6 Å². The van der Waals surface area contributed by atoms with Gasteiger partial charge in [-0.05, 0) is 42.0 Å². The van der Waals surface area contributed by atoms with Crippen molar-refractivity contribution >= 4 is 28.1 Å². The van der Waals surface area contributed by atoms with Gasteiger partial charge in [-0.1, -0.05) is 12.1 Å². The second-order valence-corrected chi connectivity index (χ2v) is 15.0. The van der Waals surface area contributed by atoms with Crippen molar-refractivity contribution in [2.75, 3.05) is 0 Å². The maximum atomic E-state index is 12.7. The average Bonchev–Trinajstić information content (AvgIpc) is 3.67. The first-order valence-corrected chi connectivity index (χ1v) is 19.4. The summed E-state index contributed by atoms with van der Waals surface area (Å²) in [4.78, 5) is 52.3. The fourth-order valence-corrected chi connectivity index (χ4v) is 7.08. The fraction of sp³-hybridized carbons (Fsp3) is 0.133. The molecule has 0 fully saturated rings. The highest BCUT2D eigenvalue weighted by molar-refractivity contribution is 5.91. The first-order valence-electron chi connectivity index (χ1n) is 19.4. The normalized spacial score (nSPS) is 14.0. The minimum Gasteiger partial charge on any atom is -0.508 e. The number of aromatic hydroxyl groups is 11. The highest BCUT2D eigenvalue weighted by Gasteiger charge is 2.37. The molecule has 1 aliphatic rings. The number of phenols is 11. The maximum Gasteiger partial charge on any atom is 0.338 e. The van der Waals surface area contributed by atoms with E-state index in [0.29, 0.717) is 16.7 Å². The summed E-state index contributed by atoms with van der Waals surface area (Å²) < 4.78 is 20.6. The summed E-state index contributed by atoms with van der Waals surface area (Å²) in [5.74, 6) is -6.49. The van der Waals surface area contributed by atoms with Gasteiger partial charge >= 0.3 is 11.7 Å². The first-order chi connectivity index (χ1) is 31.6. The predicted octanol–water partition coefficient (Wildman–Crippen LogP) is 3.78. The number of esters is 1. The number of fused-ring (bicyclic) bond motifs is 3. The van der Waals surface area contributed by atoms with Crippen LogP contribution < -0.4 is 21.4 Å². The van der Waals surface area contributed by atoms with E-state index < -0.39 is 58.1 Å². The van der Waals surface area contributed by atoms with Gasteiger partial charge in [-0.2, -0.15) is 0 Å². The molecule has 0 radical (unpaired) electrons. The zero-order valence-electron chi connectivity index (χ0n) is 35.0. The number of ether oxygens (including phenoxy) is 2. The lowest BCUT2D eigenvalue weighted by Crippen LogP contribution is -2.37. The summed E-state index contributed by atoms with van der Waals surface area (Å²) in [5, 5.41) is 107. The van der Waals surface area contributed by atoms with Gasteiger partial charge in [0.15, 0.2) is 51.8 Å². The van der Waals surface area contributed by atoms with Crippen LogP contribution >= 0.6 is 0 Å². The Morgan fingerprint density at radius 3 is 1.90 bits per heavy atom.